The molecule has 0 bridgehead atoms. The average molecular weight is 313 g/mol. The van der Waals surface area contributed by atoms with Gasteiger partial charge in [0.1, 0.15) is 11.9 Å². The summed E-state index contributed by atoms with van der Waals surface area (Å²) in [4.78, 5) is 23.1. The minimum atomic E-state index is -0.279. The lowest BCUT2D eigenvalue weighted by Gasteiger charge is -2.25. The minimum Gasteiger partial charge on any atom is -0.368 e. The first-order valence-corrected chi connectivity index (χ1v) is 8.08. The summed E-state index contributed by atoms with van der Waals surface area (Å²) in [5.41, 5.74) is 0.914. The standard InChI is InChI=1S/C16H19N5O2/c22-16(13-4-2-10-23-13)21-9-1-3-12(21)15-18-14(19-20-15)11-5-7-17-8-6-11/h5-8,12-13H,1-4,9-10H2,(H,18,19,20)/t12-,13-/m1/s1. The Balaban J connectivity index is 1.55. The van der Waals surface area contributed by atoms with Crippen LogP contribution in [0.4, 0.5) is 0 Å². The second-order valence-corrected chi connectivity index (χ2v) is 5.97. The number of hydrogen-bond donors (Lipinski definition) is 1. The number of hydrogen-bond acceptors (Lipinski definition) is 5. The fraction of sp³-hybridized carbons (Fsp3) is 0.500. The van der Waals surface area contributed by atoms with Gasteiger partial charge in [0.2, 0.25) is 0 Å². The Morgan fingerprint density at radius 2 is 2.13 bits per heavy atom. The summed E-state index contributed by atoms with van der Waals surface area (Å²) in [7, 11) is 0. The smallest absolute Gasteiger partial charge is 0.252 e. The number of H-pyrrole nitrogens is 1. The maximum absolute atomic E-state index is 12.6. The fourth-order valence-electron chi connectivity index (χ4n) is 3.33. The molecule has 7 nitrogen and oxygen atoms in total. The van der Waals surface area contributed by atoms with Crippen LogP contribution in [0.15, 0.2) is 24.5 Å². The summed E-state index contributed by atoms with van der Waals surface area (Å²) in [6.07, 6.45) is 6.82. The van der Waals surface area contributed by atoms with Gasteiger partial charge in [-0.05, 0) is 37.8 Å². The van der Waals surface area contributed by atoms with Crippen LogP contribution in [0.25, 0.3) is 11.4 Å². The number of ether oxygens (including phenoxy) is 1. The monoisotopic (exact) mass is 313 g/mol. The van der Waals surface area contributed by atoms with Crippen molar-refractivity contribution in [2.24, 2.45) is 0 Å². The Kier molecular flexibility index (Phi) is 3.78. The molecule has 0 aromatic carbocycles. The third-order valence-electron chi connectivity index (χ3n) is 4.50. The van der Waals surface area contributed by atoms with Crippen LogP contribution in [0.1, 0.15) is 37.5 Å². The van der Waals surface area contributed by atoms with Crippen molar-refractivity contribution < 1.29 is 9.53 Å². The molecule has 0 radical (unpaired) electrons. The number of aromatic amines is 1. The van der Waals surface area contributed by atoms with Gasteiger partial charge >= 0.3 is 0 Å². The molecule has 23 heavy (non-hydrogen) atoms. The second kappa shape index (κ2) is 6.08. The van der Waals surface area contributed by atoms with Gasteiger partial charge in [-0.25, -0.2) is 4.98 Å². The van der Waals surface area contributed by atoms with E-state index in [2.05, 4.69) is 20.2 Å². The van der Waals surface area contributed by atoms with Crippen LogP contribution < -0.4 is 0 Å². The topological polar surface area (TPSA) is 84.0 Å². The first-order chi connectivity index (χ1) is 11.3. The normalized spacial score (nSPS) is 24.3. The molecule has 2 aromatic heterocycles. The molecule has 120 valence electrons. The maximum Gasteiger partial charge on any atom is 0.252 e. The number of rotatable bonds is 3. The highest BCUT2D eigenvalue weighted by Crippen LogP contribution is 2.32. The van der Waals surface area contributed by atoms with E-state index < -0.39 is 0 Å². The van der Waals surface area contributed by atoms with E-state index in [1.54, 1.807) is 12.4 Å². The molecule has 0 spiro atoms. The molecule has 2 saturated heterocycles. The molecule has 0 saturated carbocycles. The van der Waals surface area contributed by atoms with Crippen molar-refractivity contribution in [3.8, 4) is 11.4 Å². The molecule has 2 aliphatic heterocycles. The Morgan fingerprint density at radius 1 is 1.26 bits per heavy atom. The molecule has 0 aliphatic carbocycles. The van der Waals surface area contributed by atoms with Gasteiger partial charge < -0.3 is 9.64 Å². The molecule has 2 aromatic rings. The highest BCUT2D eigenvalue weighted by molar-refractivity contribution is 5.81. The number of aromatic nitrogens is 4. The molecule has 0 unspecified atom stereocenters. The van der Waals surface area contributed by atoms with E-state index in [-0.39, 0.29) is 18.1 Å². The van der Waals surface area contributed by atoms with Crippen molar-refractivity contribution in [1.29, 1.82) is 0 Å². The van der Waals surface area contributed by atoms with Gasteiger partial charge in [0.05, 0.1) is 6.04 Å². The summed E-state index contributed by atoms with van der Waals surface area (Å²) in [6, 6.07) is 3.71. The Hall–Kier alpha value is -2.28. The first-order valence-electron chi connectivity index (χ1n) is 8.08. The van der Waals surface area contributed by atoms with Gasteiger partial charge in [-0.2, -0.15) is 5.10 Å². The van der Waals surface area contributed by atoms with Crippen LogP contribution in [0.5, 0.6) is 0 Å². The van der Waals surface area contributed by atoms with Crippen molar-refractivity contribution in [2.45, 2.75) is 37.8 Å². The molecular formula is C16H19N5O2. The molecular weight excluding hydrogens is 294 g/mol. The van der Waals surface area contributed by atoms with Gasteiger partial charge in [-0.15, -0.1) is 0 Å². The van der Waals surface area contributed by atoms with Crippen molar-refractivity contribution in [3.05, 3.63) is 30.4 Å². The van der Waals surface area contributed by atoms with Crippen LogP contribution in [0.3, 0.4) is 0 Å². The van der Waals surface area contributed by atoms with Gasteiger partial charge in [0, 0.05) is 31.1 Å². The van der Waals surface area contributed by atoms with Crippen LogP contribution in [0.2, 0.25) is 0 Å². The van der Waals surface area contributed by atoms with Gasteiger partial charge in [-0.1, -0.05) is 0 Å². The minimum absolute atomic E-state index is 0.0326. The predicted octanol–water partition coefficient (Wildman–Crippen LogP) is 1.71. The van der Waals surface area contributed by atoms with E-state index in [4.69, 9.17) is 4.74 Å². The number of amides is 1. The Labute approximate surface area is 134 Å². The summed E-state index contributed by atoms with van der Waals surface area (Å²) in [5.74, 6) is 1.48. The number of nitrogens with zero attached hydrogens (tertiary/aromatic N) is 4. The zero-order valence-corrected chi connectivity index (χ0v) is 12.8. The van der Waals surface area contributed by atoms with Crippen LogP contribution >= 0.6 is 0 Å². The number of pyridine rings is 1. The largest absolute Gasteiger partial charge is 0.368 e. The third kappa shape index (κ3) is 2.72. The van der Waals surface area contributed by atoms with Crippen molar-refractivity contribution in [1.82, 2.24) is 25.1 Å². The highest BCUT2D eigenvalue weighted by Gasteiger charge is 2.37. The summed E-state index contributed by atoms with van der Waals surface area (Å²) in [5, 5.41) is 7.29. The van der Waals surface area contributed by atoms with Gasteiger partial charge in [-0.3, -0.25) is 14.9 Å². The van der Waals surface area contributed by atoms with E-state index in [1.165, 1.54) is 0 Å². The molecule has 1 N–H and O–H groups in total. The molecule has 4 rings (SSSR count). The zero-order chi connectivity index (χ0) is 15.6. The Morgan fingerprint density at radius 3 is 2.91 bits per heavy atom. The van der Waals surface area contributed by atoms with Crippen LogP contribution in [-0.4, -0.2) is 50.2 Å². The summed E-state index contributed by atoms with van der Waals surface area (Å²) >= 11 is 0. The quantitative estimate of drug-likeness (QED) is 0.932. The first kappa shape index (κ1) is 14.3. The predicted molar refractivity (Wildman–Crippen MR) is 82.3 cm³/mol. The second-order valence-electron chi connectivity index (χ2n) is 5.97. The average Bonchev–Trinajstić information content (AvgIpc) is 3.35. The fourth-order valence-corrected chi connectivity index (χ4v) is 3.33. The molecule has 2 fully saturated rings. The number of carbonyl (C=O) groups excluding carboxylic acids is 1. The van der Waals surface area contributed by atoms with E-state index >= 15 is 0 Å². The van der Waals surface area contributed by atoms with Crippen LogP contribution in [0, 0.1) is 0 Å². The lowest BCUT2D eigenvalue weighted by atomic mass is 10.1. The third-order valence-corrected chi connectivity index (χ3v) is 4.50. The van der Waals surface area contributed by atoms with Crippen molar-refractivity contribution in [2.75, 3.05) is 13.2 Å². The van der Waals surface area contributed by atoms with E-state index in [0.29, 0.717) is 12.4 Å². The van der Waals surface area contributed by atoms with Crippen LogP contribution in [-0.2, 0) is 9.53 Å². The molecule has 2 aliphatic rings. The van der Waals surface area contributed by atoms with E-state index in [1.807, 2.05) is 17.0 Å². The SMILES string of the molecule is O=C([C@H]1CCCO1)N1CCC[C@@H]1c1nc(-c2ccncc2)n[nH]1. The van der Waals surface area contributed by atoms with Gasteiger partial charge in [0.25, 0.3) is 5.91 Å². The summed E-state index contributed by atoms with van der Waals surface area (Å²) < 4.78 is 5.54. The Bertz CT molecular complexity index is 681. The molecule has 7 heteroatoms. The zero-order valence-electron chi connectivity index (χ0n) is 12.8. The van der Waals surface area contributed by atoms with E-state index in [9.17, 15) is 4.79 Å². The molecule has 1 amide bonds. The number of likely N-dealkylation sites (tertiary alicyclic amines) is 1. The molecule has 2 atom stereocenters. The maximum atomic E-state index is 12.6. The van der Waals surface area contributed by atoms with E-state index in [0.717, 1.165) is 43.6 Å². The number of nitrogens with one attached hydrogen (secondary N) is 1. The van der Waals surface area contributed by atoms with Gasteiger partial charge in [0.15, 0.2) is 5.82 Å². The highest BCUT2D eigenvalue weighted by atomic mass is 16.5. The summed E-state index contributed by atoms with van der Waals surface area (Å²) in [6.45, 7) is 1.44. The van der Waals surface area contributed by atoms with Crippen molar-refractivity contribution >= 4 is 5.91 Å². The molecule has 4 heterocycles. The number of carbonyl (C=O) groups is 1. The lowest BCUT2D eigenvalue weighted by molar-refractivity contribution is -0.142. The lowest BCUT2D eigenvalue weighted by Crippen LogP contribution is -2.38. The van der Waals surface area contributed by atoms with Crippen molar-refractivity contribution in [3.63, 3.8) is 0 Å².